The number of fused-ring (bicyclic) bond motifs is 1. The van der Waals surface area contributed by atoms with E-state index in [0.717, 1.165) is 17.5 Å². The van der Waals surface area contributed by atoms with Gasteiger partial charge in [-0.05, 0) is 65.6 Å². The molecule has 178 valence electrons. The Morgan fingerprint density at radius 1 is 1.12 bits per heavy atom. The van der Waals surface area contributed by atoms with E-state index in [-0.39, 0.29) is 30.3 Å². The van der Waals surface area contributed by atoms with Gasteiger partial charge in [-0.15, -0.1) is 11.3 Å². The first-order chi connectivity index (χ1) is 16.4. The molecule has 0 aliphatic carbocycles. The van der Waals surface area contributed by atoms with Crippen LogP contribution in [0, 0.1) is 12.8 Å². The predicted octanol–water partition coefficient (Wildman–Crippen LogP) is 5.34. The molecule has 0 spiro atoms. The Balaban J connectivity index is 1.63. The van der Waals surface area contributed by atoms with Crippen molar-refractivity contribution >= 4 is 23.2 Å². The molecule has 1 aliphatic rings. The van der Waals surface area contributed by atoms with Crippen LogP contribution in [-0.2, 0) is 11.2 Å². The maximum Gasteiger partial charge on any atom is 0.254 e. The Kier molecular flexibility index (Phi) is 7.37. The Bertz CT molecular complexity index is 1170. The normalized spacial score (nSPS) is 15.2. The number of ether oxygens (including phenoxy) is 1. The number of rotatable bonds is 7. The monoisotopic (exact) mass is 476 g/mol. The quantitative estimate of drug-likeness (QED) is 0.463. The summed E-state index contributed by atoms with van der Waals surface area (Å²) in [5.41, 5.74) is 4.04. The molecule has 0 fully saturated rings. The highest BCUT2D eigenvalue weighted by molar-refractivity contribution is 7.10. The summed E-state index contributed by atoms with van der Waals surface area (Å²) >= 11 is 1.76. The number of carbonyl (C=O) groups is 2. The molecule has 1 aliphatic heterocycles. The number of benzene rings is 2. The van der Waals surface area contributed by atoms with E-state index in [1.165, 1.54) is 10.4 Å². The van der Waals surface area contributed by atoms with Crippen molar-refractivity contribution in [1.82, 2.24) is 9.80 Å². The smallest absolute Gasteiger partial charge is 0.254 e. The van der Waals surface area contributed by atoms with E-state index in [4.69, 9.17) is 4.74 Å². The SMILES string of the molecule is COc1cccc(C(=O)N(CC(=O)N2CCc3sccc3C2c2ccccc2C)CC(C)C)c1. The Hall–Kier alpha value is -3.12. The first kappa shape index (κ1) is 24.0. The predicted molar refractivity (Wildman–Crippen MR) is 136 cm³/mol. The fourth-order valence-corrected chi connectivity index (χ4v) is 5.57. The van der Waals surface area contributed by atoms with Gasteiger partial charge in [0.1, 0.15) is 12.3 Å². The molecule has 3 aromatic rings. The number of thiophene rings is 1. The number of amides is 2. The molecule has 0 saturated heterocycles. The van der Waals surface area contributed by atoms with Crippen LogP contribution < -0.4 is 4.74 Å². The van der Waals surface area contributed by atoms with E-state index in [0.29, 0.717) is 24.4 Å². The van der Waals surface area contributed by atoms with E-state index in [2.05, 4.69) is 44.4 Å². The zero-order chi connectivity index (χ0) is 24.2. The number of methoxy groups -OCH3 is 1. The van der Waals surface area contributed by atoms with Gasteiger partial charge in [0.2, 0.25) is 5.91 Å². The molecule has 6 heteroatoms. The maximum absolute atomic E-state index is 13.8. The third kappa shape index (κ3) is 5.02. The highest BCUT2D eigenvalue weighted by Crippen LogP contribution is 2.39. The van der Waals surface area contributed by atoms with Crippen LogP contribution in [0.1, 0.15) is 51.8 Å². The minimum absolute atomic E-state index is 0.0259. The van der Waals surface area contributed by atoms with E-state index in [1.54, 1.807) is 41.5 Å². The first-order valence-electron chi connectivity index (χ1n) is 11.7. The number of hydrogen-bond acceptors (Lipinski definition) is 4. The topological polar surface area (TPSA) is 49.9 Å². The Morgan fingerprint density at radius 3 is 2.65 bits per heavy atom. The van der Waals surface area contributed by atoms with E-state index < -0.39 is 0 Å². The highest BCUT2D eigenvalue weighted by atomic mass is 32.1. The third-order valence-electron chi connectivity index (χ3n) is 6.28. The zero-order valence-electron chi connectivity index (χ0n) is 20.3. The van der Waals surface area contributed by atoms with Crippen LogP contribution in [0.3, 0.4) is 0 Å². The second-order valence-electron chi connectivity index (χ2n) is 9.21. The summed E-state index contributed by atoms with van der Waals surface area (Å²) in [7, 11) is 1.58. The van der Waals surface area contributed by atoms with Gasteiger partial charge in [0.15, 0.2) is 0 Å². The van der Waals surface area contributed by atoms with Crippen LogP contribution in [0.4, 0.5) is 0 Å². The van der Waals surface area contributed by atoms with Crippen LogP contribution in [0.2, 0.25) is 0 Å². The van der Waals surface area contributed by atoms with Crippen molar-refractivity contribution in [2.75, 3.05) is 26.7 Å². The molecule has 0 bridgehead atoms. The van der Waals surface area contributed by atoms with Crippen molar-refractivity contribution in [1.29, 1.82) is 0 Å². The van der Waals surface area contributed by atoms with Crippen molar-refractivity contribution in [2.24, 2.45) is 5.92 Å². The zero-order valence-corrected chi connectivity index (χ0v) is 21.1. The van der Waals surface area contributed by atoms with E-state index in [9.17, 15) is 9.59 Å². The molecule has 1 aromatic heterocycles. The molecule has 34 heavy (non-hydrogen) atoms. The molecular formula is C28H32N2O3S. The first-order valence-corrected chi connectivity index (χ1v) is 12.6. The van der Waals surface area contributed by atoms with Gasteiger partial charge in [0.25, 0.3) is 5.91 Å². The summed E-state index contributed by atoms with van der Waals surface area (Å²) in [5, 5.41) is 2.11. The van der Waals surface area contributed by atoms with E-state index in [1.807, 2.05) is 23.1 Å². The second kappa shape index (κ2) is 10.4. The molecule has 0 N–H and O–H groups in total. The summed E-state index contributed by atoms with van der Waals surface area (Å²) < 4.78 is 5.30. The molecule has 2 amide bonds. The van der Waals surface area contributed by atoms with Gasteiger partial charge in [-0.1, -0.05) is 44.2 Å². The van der Waals surface area contributed by atoms with Gasteiger partial charge in [0.05, 0.1) is 13.2 Å². The lowest BCUT2D eigenvalue weighted by atomic mass is 9.90. The largest absolute Gasteiger partial charge is 0.497 e. The summed E-state index contributed by atoms with van der Waals surface area (Å²) in [6.07, 6.45) is 0.842. The highest BCUT2D eigenvalue weighted by Gasteiger charge is 2.34. The standard InChI is InChI=1S/C28H32N2O3S/c1-19(2)17-29(28(32)21-9-7-10-22(16-21)33-4)18-26(31)30-14-12-25-24(13-15-34-25)27(30)23-11-6-5-8-20(23)3/h5-11,13,15-16,19,27H,12,14,17-18H2,1-4H3. The number of hydrogen-bond donors (Lipinski definition) is 0. The number of aryl methyl sites for hydroxylation is 1. The maximum atomic E-state index is 13.8. The van der Waals surface area contributed by atoms with Crippen LogP contribution in [0.25, 0.3) is 0 Å². The molecule has 1 unspecified atom stereocenters. The average molecular weight is 477 g/mol. The van der Waals surface area contributed by atoms with Gasteiger partial charge < -0.3 is 14.5 Å². The summed E-state index contributed by atoms with van der Waals surface area (Å²) in [4.78, 5) is 32.2. The van der Waals surface area contributed by atoms with Gasteiger partial charge in [-0.25, -0.2) is 0 Å². The van der Waals surface area contributed by atoms with Gasteiger partial charge in [0, 0.05) is 23.5 Å². The molecule has 2 heterocycles. The Labute approximate surface area is 206 Å². The van der Waals surface area contributed by atoms with Gasteiger partial charge in [-0.2, -0.15) is 0 Å². The minimum atomic E-state index is -0.151. The molecule has 0 saturated carbocycles. The van der Waals surface area contributed by atoms with Gasteiger partial charge >= 0.3 is 0 Å². The second-order valence-corrected chi connectivity index (χ2v) is 10.2. The van der Waals surface area contributed by atoms with Crippen molar-refractivity contribution in [3.63, 3.8) is 0 Å². The van der Waals surface area contributed by atoms with Crippen LogP contribution in [-0.4, -0.2) is 48.4 Å². The average Bonchev–Trinajstić information content (AvgIpc) is 3.32. The summed E-state index contributed by atoms with van der Waals surface area (Å²) in [6, 6.07) is 17.4. The molecule has 0 radical (unpaired) electrons. The van der Waals surface area contributed by atoms with Crippen LogP contribution in [0.15, 0.2) is 60.0 Å². The molecular weight excluding hydrogens is 444 g/mol. The summed E-state index contributed by atoms with van der Waals surface area (Å²) in [5.74, 6) is 0.685. The third-order valence-corrected chi connectivity index (χ3v) is 7.28. The van der Waals surface area contributed by atoms with Crippen LogP contribution >= 0.6 is 11.3 Å². The minimum Gasteiger partial charge on any atom is -0.497 e. The van der Waals surface area contributed by atoms with Gasteiger partial charge in [-0.3, -0.25) is 9.59 Å². The molecule has 5 nitrogen and oxygen atoms in total. The Morgan fingerprint density at radius 2 is 1.91 bits per heavy atom. The van der Waals surface area contributed by atoms with Crippen molar-refractivity contribution < 1.29 is 14.3 Å². The summed E-state index contributed by atoms with van der Waals surface area (Å²) in [6.45, 7) is 7.42. The van der Waals surface area contributed by atoms with Crippen molar-refractivity contribution in [3.8, 4) is 5.75 Å². The van der Waals surface area contributed by atoms with Crippen molar-refractivity contribution in [3.05, 3.63) is 87.1 Å². The number of carbonyl (C=O) groups excluding carboxylic acids is 2. The molecule has 2 aromatic carbocycles. The fraction of sp³-hybridized carbons (Fsp3) is 0.357. The lowest BCUT2D eigenvalue weighted by Gasteiger charge is -2.38. The lowest BCUT2D eigenvalue weighted by Crippen LogP contribution is -2.47. The molecule has 1 atom stereocenters. The lowest BCUT2D eigenvalue weighted by molar-refractivity contribution is -0.134. The fourth-order valence-electron chi connectivity index (χ4n) is 4.67. The van der Waals surface area contributed by atoms with Crippen LogP contribution in [0.5, 0.6) is 5.75 Å². The molecule has 4 rings (SSSR count). The van der Waals surface area contributed by atoms with Crippen molar-refractivity contribution in [2.45, 2.75) is 33.2 Å². The number of nitrogens with zero attached hydrogens (tertiary/aromatic N) is 2. The van der Waals surface area contributed by atoms with E-state index >= 15 is 0 Å².